The maximum absolute atomic E-state index is 12.7. The summed E-state index contributed by atoms with van der Waals surface area (Å²) in [5.74, 6) is 2.05. The topological polar surface area (TPSA) is 104 Å². The molecule has 1 aromatic heterocycles. The van der Waals surface area contributed by atoms with E-state index >= 15 is 0 Å². The Kier molecular flexibility index (Phi) is 6.67. The smallest absolute Gasteiger partial charge is 0.243 e. The zero-order valence-corrected chi connectivity index (χ0v) is 17.8. The van der Waals surface area contributed by atoms with Crippen molar-refractivity contribution in [3.05, 3.63) is 36.0 Å². The maximum Gasteiger partial charge on any atom is 0.243 e. The highest BCUT2D eigenvalue weighted by Gasteiger charge is 2.40. The minimum Gasteiger partial charge on any atom is -0.497 e. The van der Waals surface area contributed by atoms with Gasteiger partial charge in [-0.2, -0.15) is 9.29 Å². The summed E-state index contributed by atoms with van der Waals surface area (Å²) in [6.45, 7) is 3.54. The van der Waals surface area contributed by atoms with Crippen molar-refractivity contribution in [2.24, 2.45) is 5.92 Å². The fourth-order valence-electron chi connectivity index (χ4n) is 3.56. The van der Waals surface area contributed by atoms with E-state index in [0.29, 0.717) is 49.5 Å². The van der Waals surface area contributed by atoms with Crippen molar-refractivity contribution in [3.63, 3.8) is 0 Å². The van der Waals surface area contributed by atoms with E-state index in [4.69, 9.17) is 18.7 Å². The molecule has 30 heavy (non-hydrogen) atoms. The van der Waals surface area contributed by atoms with E-state index < -0.39 is 10.0 Å². The van der Waals surface area contributed by atoms with Crippen LogP contribution < -0.4 is 4.74 Å². The van der Waals surface area contributed by atoms with Crippen LogP contribution in [0.5, 0.6) is 5.75 Å². The number of rotatable bonds is 9. The molecular formula is C20H27N3O6S. The van der Waals surface area contributed by atoms with Gasteiger partial charge in [0, 0.05) is 45.4 Å². The van der Waals surface area contributed by atoms with Gasteiger partial charge in [0.1, 0.15) is 5.75 Å². The van der Waals surface area contributed by atoms with Gasteiger partial charge in [-0.25, -0.2) is 8.42 Å². The monoisotopic (exact) mass is 437 g/mol. The fourth-order valence-corrected chi connectivity index (χ4v) is 5.13. The molecule has 10 heteroatoms. The third-order valence-corrected chi connectivity index (χ3v) is 7.35. The Hall–Kier alpha value is -2.01. The molecule has 0 bridgehead atoms. The second-order valence-electron chi connectivity index (χ2n) is 7.63. The van der Waals surface area contributed by atoms with Crippen LogP contribution in [-0.2, 0) is 25.9 Å². The van der Waals surface area contributed by atoms with Crippen LogP contribution in [0.25, 0.3) is 0 Å². The van der Waals surface area contributed by atoms with Crippen molar-refractivity contribution in [3.8, 4) is 5.75 Å². The van der Waals surface area contributed by atoms with Gasteiger partial charge in [0.05, 0.1) is 24.5 Å². The normalized spacial score (nSPS) is 19.0. The minimum atomic E-state index is -3.56. The molecule has 0 spiro atoms. The lowest BCUT2D eigenvalue weighted by atomic mass is 10.0. The van der Waals surface area contributed by atoms with Crippen molar-refractivity contribution in [2.75, 3.05) is 46.6 Å². The van der Waals surface area contributed by atoms with Gasteiger partial charge < -0.3 is 18.7 Å². The van der Waals surface area contributed by atoms with E-state index in [1.54, 1.807) is 18.2 Å². The Morgan fingerprint density at radius 3 is 2.80 bits per heavy atom. The second-order valence-corrected chi connectivity index (χ2v) is 9.57. The van der Waals surface area contributed by atoms with Gasteiger partial charge in [0.25, 0.3) is 0 Å². The fraction of sp³-hybridized carbons (Fsp3) is 0.600. The number of ether oxygens (including phenoxy) is 3. The van der Waals surface area contributed by atoms with Gasteiger partial charge in [-0.05, 0) is 30.9 Å². The first-order valence-corrected chi connectivity index (χ1v) is 11.6. The number of hydrogen-bond donors (Lipinski definition) is 0. The van der Waals surface area contributed by atoms with Crippen LogP contribution in [0.3, 0.4) is 0 Å². The predicted octanol–water partition coefficient (Wildman–Crippen LogP) is 1.85. The molecule has 0 unspecified atom stereocenters. The van der Waals surface area contributed by atoms with Gasteiger partial charge >= 0.3 is 0 Å². The van der Waals surface area contributed by atoms with E-state index in [2.05, 4.69) is 10.1 Å². The number of aromatic nitrogens is 2. The van der Waals surface area contributed by atoms with Crippen LogP contribution in [0.2, 0.25) is 0 Å². The summed E-state index contributed by atoms with van der Waals surface area (Å²) >= 11 is 0. The quantitative estimate of drug-likeness (QED) is 0.548. The highest BCUT2D eigenvalue weighted by Crippen LogP contribution is 2.32. The molecule has 0 aliphatic carbocycles. The molecule has 0 N–H and O–H groups in total. The molecule has 0 saturated carbocycles. The minimum absolute atomic E-state index is 0.0882. The van der Waals surface area contributed by atoms with Crippen LogP contribution in [0.4, 0.5) is 0 Å². The lowest BCUT2D eigenvalue weighted by Crippen LogP contribution is -2.48. The van der Waals surface area contributed by atoms with Crippen molar-refractivity contribution >= 4 is 10.0 Å². The average molecular weight is 438 g/mol. The van der Waals surface area contributed by atoms with Gasteiger partial charge in [-0.1, -0.05) is 11.2 Å². The number of nitrogens with zero attached hydrogens (tertiary/aromatic N) is 3. The molecule has 0 amide bonds. The van der Waals surface area contributed by atoms with E-state index in [-0.39, 0.29) is 10.8 Å². The maximum atomic E-state index is 12.7. The van der Waals surface area contributed by atoms with E-state index in [1.807, 2.05) is 0 Å². The number of benzene rings is 1. The Morgan fingerprint density at radius 1 is 1.23 bits per heavy atom. The Labute approximate surface area is 176 Å². The third kappa shape index (κ3) is 4.83. The summed E-state index contributed by atoms with van der Waals surface area (Å²) in [6, 6.07) is 6.46. The van der Waals surface area contributed by atoms with Crippen molar-refractivity contribution in [1.82, 2.24) is 14.4 Å². The zero-order chi connectivity index (χ0) is 21.0. The number of methoxy groups -OCH3 is 1. The number of hydrogen-bond acceptors (Lipinski definition) is 8. The lowest BCUT2D eigenvalue weighted by Gasteiger charge is -2.35. The van der Waals surface area contributed by atoms with Crippen LogP contribution in [0.15, 0.2) is 33.7 Å². The Balaban J connectivity index is 1.24. The summed E-state index contributed by atoms with van der Waals surface area (Å²) in [4.78, 5) is 4.63. The van der Waals surface area contributed by atoms with Gasteiger partial charge in [0.15, 0.2) is 5.82 Å². The molecule has 9 nitrogen and oxygen atoms in total. The Morgan fingerprint density at radius 2 is 2.03 bits per heavy atom. The molecule has 0 radical (unpaired) electrons. The highest BCUT2D eigenvalue weighted by molar-refractivity contribution is 7.89. The molecule has 1 aromatic carbocycles. The van der Waals surface area contributed by atoms with E-state index in [9.17, 15) is 8.42 Å². The number of sulfonamides is 1. The molecule has 164 valence electrons. The molecule has 2 aliphatic rings. The molecule has 3 heterocycles. The summed E-state index contributed by atoms with van der Waals surface area (Å²) in [5, 5.41) is 4.00. The SMILES string of the molecule is COc1cccc(S(=O)(=O)N2CC(c3nc(CCOCC4CCOCC4)no3)C2)c1. The highest BCUT2D eigenvalue weighted by atomic mass is 32.2. The van der Waals surface area contributed by atoms with Crippen LogP contribution in [0, 0.1) is 5.92 Å². The summed E-state index contributed by atoms with van der Waals surface area (Å²) in [6.07, 6.45) is 2.66. The second kappa shape index (κ2) is 9.42. The molecule has 2 aliphatic heterocycles. The van der Waals surface area contributed by atoms with Crippen LogP contribution >= 0.6 is 0 Å². The molecule has 2 saturated heterocycles. The van der Waals surface area contributed by atoms with Gasteiger partial charge in [-0.3, -0.25) is 0 Å². The van der Waals surface area contributed by atoms with Gasteiger partial charge in [0.2, 0.25) is 15.9 Å². The van der Waals surface area contributed by atoms with Crippen LogP contribution in [0.1, 0.15) is 30.5 Å². The van der Waals surface area contributed by atoms with E-state index in [0.717, 1.165) is 32.7 Å². The molecular weight excluding hydrogens is 410 g/mol. The molecule has 4 rings (SSSR count). The molecule has 2 fully saturated rings. The summed E-state index contributed by atoms with van der Waals surface area (Å²) in [5.41, 5.74) is 0. The lowest BCUT2D eigenvalue weighted by molar-refractivity contribution is 0.0211. The standard InChI is InChI=1S/C20H27N3O6S/c1-26-17-3-2-4-18(11-17)30(24,25)23-12-16(13-23)20-21-19(22-29-20)7-10-28-14-15-5-8-27-9-6-15/h2-4,11,15-16H,5-10,12-14H2,1H3. The van der Waals surface area contributed by atoms with Gasteiger partial charge in [-0.15, -0.1) is 0 Å². The average Bonchev–Trinajstić information content (AvgIpc) is 3.19. The summed E-state index contributed by atoms with van der Waals surface area (Å²) < 4.78 is 48.5. The van der Waals surface area contributed by atoms with Crippen molar-refractivity contribution in [2.45, 2.75) is 30.1 Å². The summed E-state index contributed by atoms with van der Waals surface area (Å²) in [7, 11) is -2.05. The van der Waals surface area contributed by atoms with E-state index in [1.165, 1.54) is 17.5 Å². The molecule has 0 atom stereocenters. The molecule has 2 aromatic rings. The first-order valence-electron chi connectivity index (χ1n) is 10.2. The van der Waals surface area contributed by atoms with Crippen LogP contribution in [-0.4, -0.2) is 69.5 Å². The Bertz CT molecular complexity index is 936. The largest absolute Gasteiger partial charge is 0.497 e. The van der Waals surface area contributed by atoms with Crippen molar-refractivity contribution < 1.29 is 27.2 Å². The first kappa shape index (κ1) is 21.2. The predicted molar refractivity (Wildman–Crippen MR) is 107 cm³/mol. The van der Waals surface area contributed by atoms with Crippen molar-refractivity contribution in [1.29, 1.82) is 0 Å². The zero-order valence-electron chi connectivity index (χ0n) is 17.0. The first-order chi connectivity index (χ1) is 14.6. The third-order valence-electron chi connectivity index (χ3n) is 5.52.